The van der Waals surface area contributed by atoms with Crippen LogP contribution in [-0.4, -0.2) is 60.6 Å². The topological polar surface area (TPSA) is 121 Å². The van der Waals surface area contributed by atoms with Gasteiger partial charge < -0.3 is 19.6 Å². The highest BCUT2D eigenvalue weighted by Gasteiger charge is 2.36. The molecule has 0 radical (unpaired) electrons. The molecule has 1 aliphatic heterocycles. The number of ether oxygens (including phenoxy) is 2. The van der Waals surface area contributed by atoms with Gasteiger partial charge in [0.25, 0.3) is 0 Å². The Balaban J connectivity index is 1.18. The molecule has 0 spiro atoms. The van der Waals surface area contributed by atoms with E-state index in [0.717, 1.165) is 27.7 Å². The Labute approximate surface area is 259 Å². The Bertz CT molecular complexity index is 1720. The summed E-state index contributed by atoms with van der Waals surface area (Å²) in [6.45, 7) is 0.606. The molecule has 3 aromatic carbocycles. The summed E-state index contributed by atoms with van der Waals surface area (Å²) in [6, 6.07) is 19.3. The van der Waals surface area contributed by atoms with Crippen molar-refractivity contribution in [2.24, 2.45) is 0 Å². The van der Waals surface area contributed by atoms with Crippen LogP contribution in [0.1, 0.15) is 42.1 Å². The zero-order valence-corrected chi connectivity index (χ0v) is 25.5. The second kappa shape index (κ2) is 12.4. The van der Waals surface area contributed by atoms with Crippen molar-refractivity contribution in [3.05, 3.63) is 93.6 Å². The molecule has 226 valence electrons. The number of aromatic nitrogens is 1. The van der Waals surface area contributed by atoms with E-state index in [0.29, 0.717) is 47.4 Å². The van der Waals surface area contributed by atoms with Gasteiger partial charge in [0.15, 0.2) is 0 Å². The van der Waals surface area contributed by atoms with Gasteiger partial charge in [-0.2, -0.15) is 0 Å². The fourth-order valence-corrected chi connectivity index (χ4v) is 7.05. The van der Waals surface area contributed by atoms with Crippen molar-refractivity contribution in [2.75, 3.05) is 19.7 Å². The van der Waals surface area contributed by atoms with Gasteiger partial charge in [0, 0.05) is 46.2 Å². The number of hydrogen-bond acceptors (Lipinski definition) is 6. The number of nitrogens with one attached hydrogen (secondary N) is 2. The Hall–Kier alpha value is -3.28. The van der Waals surface area contributed by atoms with Crippen molar-refractivity contribution in [1.82, 2.24) is 14.6 Å². The molecule has 1 aromatic heterocycles. The first-order chi connectivity index (χ1) is 20.7. The van der Waals surface area contributed by atoms with Crippen LogP contribution in [0.5, 0.6) is 11.5 Å². The highest BCUT2D eigenvalue weighted by molar-refractivity contribution is 7.90. The largest absolute Gasteiger partial charge is 0.493 e. The zero-order chi connectivity index (χ0) is 30.1. The summed E-state index contributed by atoms with van der Waals surface area (Å²) in [5.74, 6) is 0.984. The number of carbonyl (C=O) groups is 1. The summed E-state index contributed by atoms with van der Waals surface area (Å²) in [5.41, 5.74) is 3.78. The molecule has 2 heterocycles. The number of amides is 1. The van der Waals surface area contributed by atoms with Gasteiger partial charge in [-0.15, -0.1) is 0 Å². The van der Waals surface area contributed by atoms with E-state index in [-0.39, 0.29) is 24.8 Å². The first-order valence-electron chi connectivity index (χ1n) is 14.1. The maximum atomic E-state index is 13.5. The van der Waals surface area contributed by atoms with Crippen molar-refractivity contribution in [2.45, 2.75) is 43.1 Å². The van der Waals surface area contributed by atoms with Crippen molar-refractivity contribution < 1.29 is 27.8 Å². The lowest BCUT2D eigenvalue weighted by molar-refractivity contribution is 0.135. The number of halogens is 2. The number of aliphatic hydroxyl groups is 1. The number of fused-ring (bicyclic) bond motifs is 3. The summed E-state index contributed by atoms with van der Waals surface area (Å²) < 4.78 is 38.0. The first kappa shape index (κ1) is 29.8. The number of rotatable bonds is 10. The average molecular weight is 645 g/mol. The number of nitrogens with zero attached hydrogens (tertiary/aromatic N) is 1. The average Bonchev–Trinajstić information content (AvgIpc) is 3.80. The number of H-pyrrole nitrogens is 1. The number of aromatic amines is 1. The van der Waals surface area contributed by atoms with Crippen LogP contribution in [0.2, 0.25) is 10.0 Å². The van der Waals surface area contributed by atoms with Crippen LogP contribution in [-0.2, 0) is 16.4 Å². The Morgan fingerprint density at radius 1 is 1.02 bits per heavy atom. The molecule has 4 aromatic rings. The van der Waals surface area contributed by atoms with Gasteiger partial charge in [0.2, 0.25) is 10.0 Å². The van der Waals surface area contributed by atoms with E-state index in [4.69, 9.17) is 32.7 Å². The van der Waals surface area contributed by atoms with E-state index in [9.17, 15) is 18.3 Å². The van der Waals surface area contributed by atoms with Gasteiger partial charge >= 0.3 is 6.09 Å². The summed E-state index contributed by atoms with van der Waals surface area (Å²) in [6.07, 6.45) is 0.890. The highest BCUT2D eigenvalue weighted by atomic mass is 35.5. The molecule has 2 atom stereocenters. The number of benzene rings is 3. The zero-order valence-electron chi connectivity index (χ0n) is 23.1. The van der Waals surface area contributed by atoms with Crippen molar-refractivity contribution in [3.63, 3.8) is 0 Å². The summed E-state index contributed by atoms with van der Waals surface area (Å²) in [7, 11) is -3.34. The van der Waals surface area contributed by atoms with Gasteiger partial charge in [-0.1, -0.05) is 35.3 Å². The van der Waals surface area contributed by atoms with Gasteiger partial charge in [0.05, 0.1) is 18.0 Å². The van der Waals surface area contributed by atoms with Gasteiger partial charge in [-0.25, -0.2) is 17.9 Å². The van der Waals surface area contributed by atoms with Crippen molar-refractivity contribution in [3.8, 4) is 11.5 Å². The van der Waals surface area contributed by atoms with E-state index < -0.39 is 28.3 Å². The molecule has 1 fully saturated rings. The number of carbonyl (C=O) groups excluding carboxylic acids is 1. The lowest BCUT2D eigenvalue weighted by Crippen LogP contribution is -2.42. The van der Waals surface area contributed by atoms with E-state index >= 15 is 0 Å². The number of hydrogen-bond donors (Lipinski definition) is 3. The highest BCUT2D eigenvalue weighted by Crippen LogP contribution is 2.40. The minimum Gasteiger partial charge on any atom is -0.493 e. The Morgan fingerprint density at radius 3 is 2.44 bits per heavy atom. The molecule has 1 unspecified atom stereocenters. The van der Waals surface area contributed by atoms with Crippen LogP contribution in [0.25, 0.3) is 10.9 Å². The third-order valence-electron chi connectivity index (χ3n) is 7.74. The third-order valence-corrected chi connectivity index (χ3v) is 10.1. The van der Waals surface area contributed by atoms with Crippen LogP contribution in [0.4, 0.5) is 4.79 Å². The smallest absolute Gasteiger partial charge is 0.416 e. The van der Waals surface area contributed by atoms with Crippen molar-refractivity contribution >= 4 is 50.2 Å². The van der Waals surface area contributed by atoms with E-state index in [1.165, 1.54) is 0 Å². The second-order valence-corrected chi connectivity index (χ2v) is 13.7. The standard InChI is InChI=1S/C31H31Cl2N3O6S/c32-20-3-8-24(9-4-20)42-31(38)36-15-13-26-27-17-21(33)5-12-28(27)35-29(26)30(36)19-1-6-23(7-2-19)41-16-14-22(37)18-34-43(39,40)25-10-11-25/h1-9,12,17,22,25,30,34-35,37H,10-11,13-16,18H2/t22?,30-/m0/s1. The summed E-state index contributed by atoms with van der Waals surface area (Å²) in [4.78, 5) is 18.7. The molecule has 1 saturated carbocycles. The molecule has 0 saturated heterocycles. The van der Waals surface area contributed by atoms with E-state index in [1.807, 2.05) is 42.5 Å². The van der Waals surface area contributed by atoms with Crippen LogP contribution in [0, 0.1) is 0 Å². The minimum atomic E-state index is -3.34. The van der Waals surface area contributed by atoms with Crippen LogP contribution in [0.15, 0.2) is 66.7 Å². The maximum Gasteiger partial charge on any atom is 0.416 e. The van der Waals surface area contributed by atoms with Crippen LogP contribution in [0.3, 0.4) is 0 Å². The fourth-order valence-electron chi connectivity index (χ4n) is 5.34. The van der Waals surface area contributed by atoms with Crippen molar-refractivity contribution in [1.29, 1.82) is 0 Å². The Morgan fingerprint density at radius 2 is 1.72 bits per heavy atom. The Kier molecular flexibility index (Phi) is 8.57. The fraction of sp³-hybridized carbons (Fsp3) is 0.323. The number of aliphatic hydroxyl groups excluding tert-OH is 1. The predicted octanol–water partition coefficient (Wildman–Crippen LogP) is 5.83. The molecule has 6 rings (SSSR count). The van der Waals surface area contributed by atoms with E-state index in [1.54, 1.807) is 29.2 Å². The quantitative estimate of drug-likeness (QED) is 0.200. The predicted molar refractivity (Wildman–Crippen MR) is 166 cm³/mol. The lowest BCUT2D eigenvalue weighted by atomic mass is 9.92. The molecular weight excluding hydrogens is 613 g/mol. The minimum absolute atomic E-state index is 0.0389. The van der Waals surface area contributed by atoms with Gasteiger partial charge in [-0.05, 0) is 85.0 Å². The van der Waals surface area contributed by atoms with Gasteiger partial charge in [0.1, 0.15) is 17.5 Å². The van der Waals surface area contributed by atoms with E-state index in [2.05, 4.69) is 9.71 Å². The summed E-state index contributed by atoms with van der Waals surface area (Å²) >= 11 is 12.3. The molecular formula is C31H31Cl2N3O6S. The molecule has 9 nitrogen and oxygen atoms in total. The van der Waals surface area contributed by atoms with Gasteiger partial charge in [-0.3, -0.25) is 4.90 Å². The summed E-state index contributed by atoms with van der Waals surface area (Å²) in [5, 5.41) is 12.1. The van der Waals surface area contributed by atoms with Crippen LogP contribution >= 0.6 is 23.2 Å². The molecule has 3 N–H and O–H groups in total. The maximum absolute atomic E-state index is 13.5. The first-order valence-corrected chi connectivity index (χ1v) is 16.4. The molecule has 12 heteroatoms. The molecule has 43 heavy (non-hydrogen) atoms. The third kappa shape index (κ3) is 6.78. The molecule has 1 amide bonds. The number of sulfonamides is 1. The lowest BCUT2D eigenvalue weighted by Gasteiger charge is -2.35. The monoisotopic (exact) mass is 643 g/mol. The normalized spacial score (nSPS) is 17.5. The molecule has 0 bridgehead atoms. The molecule has 2 aliphatic rings. The molecule has 1 aliphatic carbocycles. The SMILES string of the molecule is O=C(Oc1ccc(Cl)cc1)N1CCc2c([nH]c3ccc(Cl)cc23)[C@@H]1c1ccc(OCCC(O)CNS(=O)(=O)C2CC2)cc1. The second-order valence-electron chi connectivity index (χ2n) is 10.8. The van der Waals surface area contributed by atoms with Crippen LogP contribution < -0.4 is 14.2 Å².